The molecule has 0 radical (unpaired) electrons. The third-order valence-corrected chi connectivity index (χ3v) is 3.09. The maximum absolute atomic E-state index is 14.0. The lowest BCUT2D eigenvalue weighted by Crippen LogP contribution is -2.29. The lowest BCUT2D eigenvalue weighted by Gasteiger charge is -2.13. The molecule has 0 fully saturated rings. The molecule has 0 aliphatic carbocycles. The predicted molar refractivity (Wildman–Crippen MR) is 79.0 cm³/mol. The van der Waals surface area contributed by atoms with Crippen LogP contribution in [0.15, 0.2) is 46.9 Å². The maximum Gasteiger partial charge on any atom is 0.258 e. The van der Waals surface area contributed by atoms with Crippen molar-refractivity contribution in [2.75, 3.05) is 6.54 Å². The molecule has 0 aliphatic rings. The zero-order valence-electron chi connectivity index (χ0n) is 11.2. The Balaban J connectivity index is 2.33. The van der Waals surface area contributed by atoms with Gasteiger partial charge in [0.2, 0.25) is 0 Å². The summed E-state index contributed by atoms with van der Waals surface area (Å²) in [7, 11) is 0. The topological polar surface area (TPSA) is 38.3 Å². The molecule has 116 valence electrons. The van der Waals surface area contributed by atoms with E-state index in [0.717, 1.165) is 6.07 Å². The highest BCUT2D eigenvalue weighted by Crippen LogP contribution is 2.30. The number of amides is 1. The van der Waals surface area contributed by atoms with Crippen molar-refractivity contribution in [3.05, 3.63) is 58.3 Å². The average Bonchev–Trinajstić information content (AvgIpc) is 2.45. The number of para-hydroxylation sites is 1. The average molecular weight is 374 g/mol. The Morgan fingerprint density at radius 2 is 1.91 bits per heavy atom. The molecular formula is C15H11BrF3NO2. The van der Waals surface area contributed by atoms with Crippen molar-refractivity contribution in [3.63, 3.8) is 0 Å². The van der Waals surface area contributed by atoms with Crippen molar-refractivity contribution in [3.8, 4) is 11.5 Å². The largest absolute Gasteiger partial charge is 0.456 e. The van der Waals surface area contributed by atoms with Gasteiger partial charge in [0, 0.05) is 4.47 Å². The summed E-state index contributed by atoms with van der Waals surface area (Å²) >= 11 is 3.10. The number of alkyl halides is 2. The number of hydrogen-bond acceptors (Lipinski definition) is 2. The van der Waals surface area contributed by atoms with Crippen molar-refractivity contribution in [2.24, 2.45) is 0 Å². The second kappa shape index (κ2) is 7.31. The van der Waals surface area contributed by atoms with Gasteiger partial charge in [-0.3, -0.25) is 4.79 Å². The number of ether oxygens (including phenoxy) is 1. The molecule has 0 unspecified atom stereocenters. The van der Waals surface area contributed by atoms with Gasteiger partial charge in [-0.05, 0) is 24.3 Å². The standard InChI is InChI=1S/C15H11BrF3NO2/c16-9-6-11(17)14(15(21)20-8-13(18)19)12(7-9)22-10-4-2-1-3-5-10/h1-7,13H,8H2,(H,20,21). The molecule has 0 aromatic heterocycles. The molecule has 7 heteroatoms. The van der Waals surface area contributed by atoms with Crippen molar-refractivity contribution in [1.82, 2.24) is 5.32 Å². The first-order valence-electron chi connectivity index (χ1n) is 6.25. The lowest BCUT2D eigenvalue weighted by molar-refractivity contribution is 0.0885. The fraction of sp³-hybridized carbons (Fsp3) is 0.133. The van der Waals surface area contributed by atoms with E-state index in [-0.39, 0.29) is 5.75 Å². The summed E-state index contributed by atoms with van der Waals surface area (Å²) in [6, 6.07) is 10.9. The van der Waals surface area contributed by atoms with Gasteiger partial charge in [-0.25, -0.2) is 13.2 Å². The van der Waals surface area contributed by atoms with E-state index in [2.05, 4.69) is 15.9 Å². The Hall–Kier alpha value is -2.02. The molecule has 0 aliphatic heterocycles. The van der Waals surface area contributed by atoms with Gasteiger partial charge in [-0.2, -0.15) is 0 Å². The quantitative estimate of drug-likeness (QED) is 0.844. The monoisotopic (exact) mass is 373 g/mol. The van der Waals surface area contributed by atoms with Gasteiger partial charge in [0.25, 0.3) is 12.3 Å². The molecule has 0 saturated carbocycles. The van der Waals surface area contributed by atoms with Gasteiger partial charge >= 0.3 is 0 Å². The molecule has 0 heterocycles. The highest BCUT2D eigenvalue weighted by molar-refractivity contribution is 9.10. The van der Waals surface area contributed by atoms with Gasteiger partial charge in [-0.1, -0.05) is 34.1 Å². The first-order valence-corrected chi connectivity index (χ1v) is 7.05. The van der Waals surface area contributed by atoms with E-state index in [1.165, 1.54) is 6.07 Å². The normalized spacial score (nSPS) is 10.6. The number of nitrogens with one attached hydrogen (secondary N) is 1. The van der Waals surface area contributed by atoms with E-state index in [9.17, 15) is 18.0 Å². The van der Waals surface area contributed by atoms with Crippen LogP contribution < -0.4 is 10.1 Å². The first kappa shape index (κ1) is 16.4. The van der Waals surface area contributed by atoms with Crippen LogP contribution in [0.4, 0.5) is 13.2 Å². The molecule has 22 heavy (non-hydrogen) atoms. The molecule has 1 amide bonds. The predicted octanol–water partition coefficient (Wildman–Crippen LogP) is 4.38. The Labute approximate surface area is 133 Å². The third kappa shape index (κ3) is 4.24. The van der Waals surface area contributed by atoms with Crippen LogP contribution >= 0.6 is 15.9 Å². The van der Waals surface area contributed by atoms with Crippen LogP contribution in [0.5, 0.6) is 11.5 Å². The highest BCUT2D eigenvalue weighted by Gasteiger charge is 2.20. The number of halogens is 4. The summed E-state index contributed by atoms with van der Waals surface area (Å²) < 4.78 is 44.2. The molecular weight excluding hydrogens is 363 g/mol. The van der Waals surface area contributed by atoms with Gasteiger partial charge in [-0.15, -0.1) is 0 Å². The molecule has 0 saturated heterocycles. The number of hydrogen-bond donors (Lipinski definition) is 1. The molecule has 2 rings (SSSR count). The minimum Gasteiger partial charge on any atom is -0.456 e. The summed E-state index contributed by atoms with van der Waals surface area (Å²) in [5.41, 5.74) is -0.423. The van der Waals surface area contributed by atoms with E-state index in [0.29, 0.717) is 10.2 Å². The Morgan fingerprint density at radius 1 is 1.23 bits per heavy atom. The van der Waals surface area contributed by atoms with Crippen LogP contribution in [-0.4, -0.2) is 18.9 Å². The zero-order chi connectivity index (χ0) is 16.1. The molecule has 3 nitrogen and oxygen atoms in total. The van der Waals surface area contributed by atoms with E-state index >= 15 is 0 Å². The molecule has 0 bridgehead atoms. The molecule has 1 N–H and O–H groups in total. The lowest BCUT2D eigenvalue weighted by atomic mass is 10.1. The SMILES string of the molecule is O=C(NCC(F)F)c1c(F)cc(Br)cc1Oc1ccccc1. The van der Waals surface area contributed by atoms with Crippen LogP contribution in [0.2, 0.25) is 0 Å². The number of carbonyl (C=O) groups excluding carboxylic acids is 1. The van der Waals surface area contributed by atoms with E-state index in [4.69, 9.17) is 4.74 Å². The van der Waals surface area contributed by atoms with Crippen molar-refractivity contribution in [2.45, 2.75) is 6.43 Å². The number of benzene rings is 2. The van der Waals surface area contributed by atoms with Gasteiger partial charge in [0.15, 0.2) is 0 Å². The van der Waals surface area contributed by atoms with Crippen LogP contribution in [0.3, 0.4) is 0 Å². The minimum atomic E-state index is -2.72. The third-order valence-electron chi connectivity index (χ3n) is 2.63. The molecule has 0 spiro atoms. The van der Waals surface area contributed by atoms with Crippen LogP contribution in [0, 0.1) is 5.82 Å². The highest BCUT2D eigenvalue weighted by atomic mass is 79.9. The summed E-state index contributed by atoms with van der Waals surface area (Å²) in [4.78, 5) is 11.9. The molecule has 0 atom stereocenters. The Bertz CT molecular complexity index is 665. The van der Waals surface area contributed by atoms with E-state index < -0.39 is 30.3 Å². The maximum atomic E-state index is 14.0. The summed E-state index contributed by atoms with van der Waals surface area (Å²) in [6.45, 7) is -0.862. The van der Waals surface area contributed by atoms with Crippen LogP contribution in [0.25, 0.3) is 0 Å². The second-order valence-corrected chi connectivity index (χ2v) is 5.19. The summed E-state index contributed by atoms with van der Waals surface area (Å²) in [5, 5.41) is 1.96. The van der Waals surface area contributed by atoms with E-state index in [1.54, 1.807) is 30.3 Å². The van der Waals surface area contributed by atoms with E-state index in [1.807, 2.05) is 5.32 Å². The number of carbonyl (C=O) groups is 1. The van der Waals surface area contributed by atoms with Crippen LogP contribution in [-0.2, 0) is 0 Å². The summed E-state index contributed by atoms with van der Waals surface area (Å²) in [5.74, 6) is -1.50. The second-order valence-electron chi connectivity index (χ2n) is 4.28. The van der Waals surface area contributed by atoms with Crippen molar-refractivity contribution < 1.29 is 22.7 Å². The zero-order valence-corrected chi connectivity index (χ0v) is 12.7. The van der Waals surface area contributed by atoms with Crippen molar-refractivity contribution >= 4 is 21.8 Å². The van der Waals surface area contributed by atoms with Gasteiger partial charge in [0.1, 0.15) is 22.9 Å². The minimum absolute atomic E-state index is 0.0650. The Morgan fingerprint density at radius 3 is 2.55 bits per heavy atom. The molecule has 2 aromatic rings. The first-order chi connectivity index (χ1) is 10.5. The van der Waals surface area contributed by atoms with Crippen molar-refractivity contribution in [1.29, 1.82) is 0 Å². The van der Waals surface area contributed by atoms with Gasteiger partial charge < -0.3 is 10.1 Å². The number of rotatable bonds is 5. The van der Waals surface area contributed by atoms with Gasteiger partial charge in [0.05, 0.1) is 6.54 Å². The fourth-order valence-corrected chi connectivity index (χ4v) is 2.13. The Kier molecular flexibility index (Phi) is 5.43. The van der Waals surface area contributed by atoms with Crippen LogP contribution in [0.1, 0.15) is 10.4 Å². The summed E-state index contributed by atoms with van der Waals surface area (Å²) in [6.07, 6.45) is -2.72. The fourth-order valence-electron chi connectivity index (χ4n) is 1.72. The smallest absolute Gasteiger partial charge is 0.258 e. The molecule has 2 aromatic carbocycles.